The first-order valence-electron chi connectivity index (χ1n) is 9.01. The van der Waals surface area contributed by atoms with Crippen LogP contribution in [-0.2, 0) is 0 Å². The van der Waals surface area contributed by atoms with Crippen molar-refractivity contribution in [3.05, 3.63) is 60.0 Å². The van der Waals surface area contributed by atoms with Gasteiger partial charge in [0.05, 0.1) is 13.1 Å². The molecule has 0 aliphatic heterocycles. The molecular formula is C18H14N2S. The second-order valence-electron chi connectivity index (χ2n) is 4.91. The van der Waals surface area contributed by atoms with E-state index < -0.39 is 6.85 Å². The molecule has 0 bridgehead atoms. The Balaban J connectivity index is 1.91. The molecule has 3 heterocycles. The first kappa shape index (κ1) is 8.25. The molecule has 0 radical (unpaired) electrons. The van der Waals surface area contributed by atoms with Crippen LogP contribution in [-0.4, -0.2) is 9.97 Å². The van der Waals surface area contributed by atoms with Crippen molar-refractivity contribution in [3.8, 4) is 11.3 Å². The standard InChI is InChI=1S/C18H14N2S/c1-11-3-6-15(20-8-11)13-4-5-14-16(7-13)21-17-10-19-9-12(2)18(14)17/h3-10H,1-2H3/i1D3,3D,6D. The van der Waals surface area contributed by atoms with Gasteiger partial charge >= 0.3 is 0 Å². The van der Waals surface area contributed by atoms with Crippen LogP contribution in [0.25, 0.3) is 31.4 Å². The summed E-state index contributed by atoms with van der Waals surface area (Å²) in [7, 11) is 0. The first-order chi connectivity index (χ1) is 12.3. The maximum Gasteiger partial charge on any atom is 0.0702 e. The normalized spacial score (nSPS) is 15.4. The lowest BCUT2D eigenvalue weighted by atomic mass is 10.1. The molecule has 0 fully saturated rings. The van der Waals surface area contributed by atoms with Gasteiger partial charge in [-0.15, -0.1) is 11.3 Å². The number of thiophene rings is 1. The lowest BCUT2D eigenvalue weighted by Crippen LogP contribution is -1.83. The topological polar surface area (TPSA) is 25.8 Å². The number of benzene rings is 1. The molecule has 4 aromatic rings. The van der Waals surface area contributed by atoms with Crippen molar-refractivity contribution in [3.63, 3.8) is 0 Å². The monoisotopic (exact) mass is 295 g/mol. The van der Waals surface area contributed by atoms with Crippen LogP contribution in [0.3, 0.4) is 0 Å². The summed E-state index contributed by atoms with van der Waals surface area (Å²) in [5.41, 5.74) is 1.93. The van der Waals surface area contributed by atoms with Crippen LogP contribution in [0.1, 0.15) is 18.0 Å². The summed E-state index contributed by atoms with van der Waals surface area (Å²) in [6.45, 7) is -0.419. The Kier molecular flexibility index (Phi) is 1.82. The number of hydrogen-bond donors (Lipinski definition) is 0. The predicted octanol–water partition coefficient (Wildman–Crippen LogP) is 5.13. The molecule has 3 heteroatoms. The summed E-state index contributed by atoms with van der Waals surface area (Å²) >= 11 is 1.61. The van der Waals surface area contributed by atoms with Crippen molar-refractivity contribution in [2.24, 2.45) is 0 Å². The Morgan fingerprint density at radius 1 is 1.14 bits per heavy atom. The summed E-state index contributed by atoms with van der Waals surface area (Å²) < 4.78 is 40.7. The zero-order chi connectivity index (χ0) is 18.6. The third-order valence-electron chi connectivity index (χ3n) is 3.48. The van der Waals surface area contributed by atoms with Crippen LogP contribution in [0.15, 0.2) is 48.9 Å². The van der Waals surface area contributed by atoms with Gasteiger partial charge in [-0.25, -0.2) is 0 Å². The molecule has 2 nitrogen and oxygen atoms in total. The lowest BCUT2D eigenvalue weighted by Gasteiger charge is -2.02. The minimum absolute atomic E-state index is 0.170. The van der Waals surface area contributed by atoms with Crippen LogP contribution < -0.4 is 0 Å². The summed E-state index contributed by atoms with van der Waals surface area (Å²) in [5.74, 6) is 0. The molecule has 0 aliphatic rings. The van der Waals surface area contributed by atoms with Gasteiger partial charge in [-0.3, -0.25) is 9.97 Å². The largest absolute Gasteiger partial charge is 0.263 e. The maximum atomic E-state index is 8.20. The molecule has 0 N–H and O–H groups in total. The number of aromatic nitrogens is 2. The van der Waals surface area contributed by atoms with E-state index in [0.29, 0.717) is 11.3 Å². The third kappa shape index (κ3) is 2.01. The van der Waals surface area contributed by atoms with E-state index in [2.05, 4.69) is 9.97 Å². The van der Waals surface area contributed by atoms with E-state index in [1.54, 1.807) is 11.3 Å². The molecule has 0 spiro atoms. The molecule has 21 heavy (non-hydrogen) atoms. The summed E-state index contributed by atoms with van der Waals surface area (Å²) in [4.78, 5) is 8.42. The zero-order valence-electron chi connectivity index (χ0n) is 16.3. The van der Waals surface area contributed by atoms with Crippen molar-refractivity contribution in [1.82, 2.24) is 9.97 Å². The molecule has 3 aromatic heterocycles. The molecule has 0 unspecified atom stereocenters. The van der Waals surface area contributed by atoms with Gasteiger partial charge in [-0.1, -0.05) is 18.2 Å². The van der Waals surface area contributed by atoms with E-state index in [9.17, 15) is 0 Å². The smallest absolute Gasteiger partial charge is 0.0702 e. The fraction of sp³-hybridized carbons (Fsp3) is 0.111. The first-order valence-corrected chi connectivity index (χ1v) is 7.33. The molecule has 0 amide bonds. The lowest BCUT2D eigenvalue weighted by molar-refractivity contribution is 1.27. The van der Waals surface area contributed by atoms with Gasteiger partial charge in [0, 0.05) is 43.7 Å². The molecular weight excluding hydrogens is 276 g/mol. The maximum absolute atomic E-state index is 8.20. The number of hydrogen-bond acceptors (Lipinski definition) is 3. The van der Waals surface area contributed by atoms with Gasteiger partial charge < -0.3 is 0 Å². The Morgan fingerprint density at radius 2 is 2.10 bits per heavy atom. The Bertz CT molecular complexity index is 1160. The van der Waals surface area contributed by atoms with Crippen LogP contribution in [0.2, 0.25) is 0 Å². The molecule has 102 valence electrons. The van der Waals surface area contributed by atoms with E-state index >= 15 is 0 Å². The minimum atomic E-state index is -2.45. The predicted molar refractivity (Wildman–Crippen MR) is 89.8 cm³/mol. The Morgan fingerprint density at radius 3 is 3.00 bits per heavy atom. The molecule has 0 saturated carbocycles. The SMILES string of the molecule is [2H]c1c(C([2H])([2H])[2H])cnc(-c2ccc3c(c2)sc2cncc(C)c23)c1[2H]. The number of nitrogens with zero attached hydrogens (tertiary/aromatic N) is 2. The summed E-state index contributed by atoms with van der Waals surface area (Å²) in [5, 5.41) is 2.29. The van der Waals surface area contributed by atoms with Crippen LogP contribution >= 0.6 is 11.3 Å². The minimum Gasteiger partial charge on any atom is -0.263 e. The molecule has 0 saturated heterocycles. The van der Waals surface area contributed by atoms with Crippen molar-refractivity contribution in [2.45, 2.75) is 13.8 Å². The molecule has 4 rings (SSSR count). The number of aryl methyl sites for hydroxylation is 2. The van der Waals surface area contributed by atoms with E-state index in [4.69, 9.17) is 6.85 Å². The number of rotatable bonds is 1. The number of pyridine rings is 2. The Hall–Kier alpha value is -2.26. The molecule has 1 aromatic carbocycles. The van der Waals surface area contributed by atoms with E-state index in [1.807, 2.05) is 37.5 Å². The van der Waals surface area contributed by atoms with Crippen LogP contribution in [0.4, 0.5) is 0 Å². The molecule has 0 atom stereocenters. The van der Waals surface area contributed by atoms with Crippen molar-refractivity contribution in [1.29, 1.82) is 0 Å². The highest BCUT2D eigenvalue weighted by Gasteiger charge is 2.09. The fourth-order valence-electron chi connectivity index (χ4n) is 2.51. The van der Waals surface area contributed by atoms with Gasteiger partial charge in [-0.2, -0.15) is 0 Å². The van der Waals surface area contributed by atoms with E-state index in [1.165, 1.54) is 11.6 Å². The summed E-state index contributed by atoms with van der Waals surface area (Å²) in [6, 6.07) is 5.32. The summed E-state index contributed by atoms with van der Waals surface area (Å²) in [6.07, 6.45) is 4.87. The van der Waals surface area contributed by atoms with E-state index in [0.717, 1.165) is 20.3 Å². The Labute approximate surface area is 134 Å². The average molecular weight is 295 g/mol. The second-order valence-corrected chi connectivity index (χ2v) is 6.00. The highest BCUT2D eigenvalue weighted by molar-refractivity contribution is 7.25. The van der Waals surface area contributed by atoms with E-state index in [-0.39, 0.29) is 17.6 Å². The molecule has 0 aliphatic carbocycles. The van der Waals surface area contributed by atoms with Gasteiger partial charge in [0.15, 0.2) is 0 Å². The van der Waals surface area contributed by atoms with Gasteiger partial charge in [0.2, 0.25) is 0 Å². The zero-order valence-corrected chi connectivity index (χ0v) is 12.1. The average Bonchev–Trinajstić information content (AvgIpc) is 2.95. The van der Waals surface area contributed by atoms with Crippen molar-refractivity contribution < 1.29 is 6.85 Å². The number of fused-ring (bicyclic) bond motifs is 3. The van der Waals surface area contributed by atoms with Crippen molar-refractivity contribution in [2.75, 3.05) is 0 Å². The second kappa shape index (κ2) is 4.64. The van der Waals surface area contributed by atoms with Crippen molar-refractivity contribution >= 4 is 31.5 Å². The van der Waals surface area contributed by atoms with Gasteiger partial charge in [-0.05, 0) is 37.0 Å². The van der Waals surface area contributed by atoms with Crippen LogP contribution in [0, 0.1) is 13.8 Å². The van der Waals surface area contributed by atoms with Crippen LogP contribution in [0.5, 0.6) is 0 Å². The quantitative estimate of drug-likeness (QED) is 0.486. The fourth-order valence-corrected chi connectivity index (χ4v) is 3.70. The van der Waals surface area contributed by atoms with Gasteiger partial charge in [0.25, 0.3) is 0 Å². The van der Waals surface area contributed by atoms with Gasteiger partial charge in [0.1, 0.15) is 0 Å². The highest BCUT2D eigenvalue weighted by Crippen LogP contribution is 2.37. The highest BCUT2D eigenvalue weighted by atomic mass is 32.1. The third-order valence-corrected chi connectivity index (χ3v) is 4.57.